The van der Waals surface area contributed by atoms with Gasteiger partial charge in [-0.25, -0.2) is 0 Å². The number of hydrogen-bond donors (Lipinski definition) is 0. The Hall–Kier alpha value is 0.532. The van der Waals surface area contributed by atoms with E-state index in [9.17, 15) is 0 Å². The molecule has 0 saturated carbocycles. The maximum Gasteiger partial charge on any atom is 0 e. The second kappa shape index (κ2) is 4.53. The van der Waals surface area contributed by atoms with Crippen LogP contribution >= 0.6 is 0 Å². The first-order valence-corrected chi connectivity index (χ1v) is 1.50. The van der Waals surface area contributed by atoms with E-state index in [2.05, 4.69) is 20.8 Å². The molecule has 0 aliphatic heterocycles. The minimum atomic E-state index is 0. The molecular formula is C4H9Cr-. The van der Waals surface area contributed by atoms with Crippen molar-refractivity contribution in [2.24, 2.45) is 0 Å². The summed E-state index contributed by atoms with van der Waals surface area (Å²) < 4.78 is 0. The van der Waals surface area contributed by atoms with Gasteiger partial charge in [-0.1, -0.05) is 0 Å². The van der Waals surface area contributed by atoms with Crippen LogP contribution < -0.4 is 0 Å². The van der Waals surface area contributed by atoms with Gasteiger partial charge in [0.05, 0.1) is 0 Å². The minimum absolute atomic E-state index is 0. The minimum Gasteiger partial charge on any atom is -0.323 e. The van der Waals surface area contributed by atoms with Gasteiger partial charge in [0.15, 0.2) is 0 Å². The molecule has 1 heteroatoms. The van der Waals surface area contributed by atoms with E-state index in [1.54, 1.807) is 0 Å². The Morgan fingerprint density at radius 2 is 1.00 bits per heavy atom. The van der Waals surface area contributed by atoms with Crippen LogP contribution in [0, 0.1) is 5.92 Å². The third-order valence-corrected chi connectivity index (χ3v) is 0. The summed E-state index contributed by atoms with van der Waals surface area (Å²) in [5.74, 6) is 1.42. The third-order valence-electron chi connectivity index (χ3n) is 0. The van der Waals surface area contributed by atoms with Gasteiger partial charge in [0.25, 0.3) is 0 Å². The Morgan fingerprint density at radius 1 is 1.00 bits per heavy atom. The molecule has 0 aromatic heterocycles. The zero-order valence-corrected chi connectivity index (χ0v) is 5.18. The van der Waals surface area contributed by atoms with Gasteiger partial charge < -0.3 is 5.92 Å². The maximum atomic E-state index is 2.08. The first kappa shape index (κ1) is 9.11. The molecule has 0 amide bonds. The molecule has 0 fully saturated rings. The van der Waals surface area contributed by atoms with Crippen molar-refractivity contribution in [1.82, 2.24) is 0 Å². The summed E-state index contributed by atoms with van der Waals surface area (Å²) in [5.41, 5.74) is 0. The molecular weight excluding hydrogens is 100 g/mol. The van der Waals surface area contributed by atoms with Crippen LogP contribution in [0.15, 0.2) is 0 Å². The van der Waals surface area contributed by atoms with Gasteiger partial charge in [-0.05, 0) is 0 Å². The maximum absolute atomic E-state index is 2.08. The molecule has 0 saturated heterocycles. The van der Waals surface area contributed by atoms with E-state index in [0.29, 0.717) is 0 Å². The van der Waals surface area contributed by atoms with Gasteiger partial charge in [-0.3, -0.25) is 0 Å². The molecule has 0 rings (SSSR count). The quantitative estimate of drug-likeness (QED) is 0.414. The van der Waals surface area contributed by atoms with Crippen LogP contribution in [0.25, 0.3) is 0 Å². The predicted octanol–water partition coefficient (Wildman–Crippen LogP) is 1.62. The summed E-state index contributed by atoms with van der Waals surface area (Å²) in [6.07, 6.45) is 0. The Bertz CT molecular complexity index is 8.36. The summed E-state index contributed by atoms with van der Waals surface area (Å²) in [5, 5.41) is 0. The normalized spacial score (nSPS) is 7.20. The van der Waals surface area contributed by atoms with Gasteiger partial charge in [-0.2, -0.15) is 20.8 Å². The molecule has 0 nitrogen and oxygen atoms in total. The summed E-state index contributed by atoms with van der Waals surface area (Å²) in [7, 11) is 0. The van der Waals surface area contributed by atoms with Gasteiger partial charge in [0.1, 0.15) is 0 Å². The van der Waals surface area contributed by atoms with Crippen LogP contribution in [-0.4, -0.2) is 0 Å². The zero-order chi connectivity index (χ0) is 3.58. The van der Waals surface area contributed by atoms with Crippen LogP contribution in [0.2, 0.25) is 0 Å². The largest absolute Gasteiger partial charge is 0.323 e. The average Bonchev–Trinajstić information content (AvgIpc) is 0.811. The van der Waals surface area contributed by atoms with E-state index >= 15 is 0 Å². The standard InChI is InChI=1S/C4H9.Cr/c1-4(2)3;/h1-3H3;/q-1;. The summed E-state index contributed by atoms with van der Waals surface area (Å²) in [6, 6.07) is 0. The van der Waals surface area contributed by atoms with E-state index in [0.717, 1.165) is 0 Å². The molecule has 0 radical (unpaired) electrons. The fourth-order valence-corrected chi connectivity index (χ4v) is 0. The fourth-order valence-electron chi connectivity index (χ4n) is 0. The molecule has 0 N–H and O–H groups in total. The van der Waals surface area contributed by atoms with Crippen molar-refractivity contribution >= 4 is 0 Å². The van der Waals surface area contributed by atoms with Crippen LogP contribution in [0.4, 0.5) is 0 Å². The molecule has 0 bridgehead atoms. The summed E-state index contributed by atoms with van der Waals surface area (Å²) in [6.45, 7) is 6.25. The topological polar surface area (TPSA) is 0 Å². The molecule has 32 valence electrons. The summed E-state index contributed by atoms with van der Waals surface area (Å²) in [4.78, 5) is 0. The van der Waals surface area contributed by atoms with Crippen LogP contribution in [-0.2, 0) is 17.4 Å². The van der Waals surface area contributed by atoms with Gasteiger partial charge in [-0.15, -0.1) is 0 Å². The van der Waals surface area contributed by atoms with E-state index in [1.165, 1.54) is 5.92 Å². The second-order valence-corrected chi connectivity index (χ2v) is 1.50. The van der Waals surface area contributed by atoms with Crippen molar-refractivity contribution in [3.63, 3.8) is 0 Å². The fraction of sp³-hybridized carbons (Fsp3) is 0.750. The Kier molecular flexibility index (Phi) is 8.26. The van der Waals surface area contributed by atoms with Crippen molar-refractivity contribution in [3.8, 4) is 0 Å². The zero-order valence-electron chi connectivity index (χ0n) is 3.91. The van der Waals surface area contributed by atoms with Crippen molar-refractivity contribution in [1.29, 1.82) is 0 Å². The SMILES string of the molecule is C[C-](C)C.[Cr]. The van der Waals surface area contributed by atoms with Gasteiger partial charge >= 0.3 is 0 Å². The Balaban J connectivity index is 0. The van der Waals surface area contributed by atoms with Gasteiger partial charge in [0.2, 0.25) is 0 Å². The van der Waals surface area contributed by atoms with Crippen molar-refractivity contribution in [2.45, 2.75) is 20.8 Å². The molecule has 0 aromatic carbocycles. The molecule has 0 aliphatic rings. The monoisotopic (exact) mass is 109 g/mol. The molecule has 0 aliphatic carbocycles. The first-order chi connectivity index (χ1) is 1.73. The van der Waals surface area contributed by atoms with Crippen LogP contribution in [0.3, 0.4) is 0 Å². The third kappa shape index (κ3) is 103. The van der Waals surface area contributed by atoms with E-state index < -0.39 is 0 Å². The molecule has 0 aromatic rings. The van der Waals surface area contributed by atoms with Crippen molar-refractivity contribution in [2.75, 3.05) is 0 Å². The van der Waals surface area contributed by atoms with Crippen molar-refractivity contribution in [3.05, 3.63) is 5.92 Å². The van der Waals surface area contributed by atoms with Crippen LogP contribution in [0.5, 0.6) is 0 Å². The molecule has 5 heavy (non-hydrogen) atoms. The van der Waals surface area contributed by atoms with E-state index in [1.807, 2.05) is 0 Å². The molecule has 0 spiro atoms. The summed E-state index contributed by atoms with van der Waals surface area (Å²) >= 11 is 0. The Labute approximate surface area is 44.7 Å². The Morgan fingerprint density at radius 3 is 1.00 bits per heavy atom. The van der Waals surface area contributed by atoms with Gasteiger partial charge in [0, 0.05) is 17.4 Å². The molecule has 0 atom stereocenters. The number of rotatable bonds is 0. The second-order valence-electron chi connectivity index (χ2n) is 1.50. The van der Waals surface area contributed by atoms with Crippen molar-refractivity contribution < 1.29 is 17.4 Å². The number of hydrogen-bond acceptors (Lipinski definition) is 0. The van der Waals surface area contributed by atoms with Crippen LogP contribution in [0.1, 0.15) is 20.8 Å². The smallest absolute Gasteiger partial charge is 0 e. The molecule has 0 unspecified atom stereocenters. The molecule has 0 heterocycles. The predicted molar refractivity (Wildman–Crippen MR) is 20.3 cm³/mol. The van der Waals surface area contributed by atoms with E-state index in [4.69, 9.17) is 0 Å². The van der Waals surface area contributed by atoms with E-state index in [-0.39, 0.29) is 17.4 Å². The average molecular weight is 109 g/mol. The first-order valence-electron chi connectivity index (χ1n) is 1.50.